The highest BCUT2D eigenvalue weighted by atomic mass is 35.5. The highest BCUT2D eigenvalue weighted by molar-refractivity contribution is 7.13. The first kappa shape index (κ1) is 53.8. The first-order chi connectivity index (χ1) is 34.6. The Morgan fingerprint density at radius 1 is 0.986 bits per heavy atom. The summed E-state index contributed by atoms with van der Waals surface area (Å²) in [6.45, 7) is 19.5. The van der Waals surface area contributed by atoms with Crippen LogP contribution in [-0.4, -0.2) is 117 Å². The zero-order valence-electron chi connectivity index (χ0n) is 43.6. The number of likely N-dealkylation sites (tertiary alicyclic amines) is 1. The molecule has 73 heavy (non-hydrogen) atoms. The Balaban J connectivity index is 0.877. The normalized spacial score (nSPS) is 24.4. The van der Waals surface area contributed by atoms with E-state index >= 15 is 0 Å². The van der Waals surface area contributed by atoms with E-state index in [-0.39, 0.29) is 66.9 Å². The number of nitriles is 1. The third kappa shape index (κ3) is 11.5. The van der Waals surface area contributed by atoms with Gasteiger partial charge in [0.15, 0.2) is 0 Å². The number of β-amino-alcohol motifs (C(OH)–C–C–N with tert-alkyl or cyclic N) is 1. The maximum absolute atomic E-state index is 14.8. The minimum absolute atomic E-state index is 0.00713. The molecule has 4 aromatic rings. The molecule has 4 fully saturated rings. The second-order valence-corrected chi connectivity index (χ2v) is 24.2. The molecule has 8 rings (SSSR count). The van der Waals surface area contributed by atoms with E-state index < -0.39 is 40.5 Å². The molecule has 3 aliphatic heterocycles. The number of benzene rings is 2. The van der Waals surface area contributed by atoms with Gasteiger partial charge in [-0.3, -0.25) is 29.1 Å². The Morgan fingerprint density at radius 3 is 2.29 bits per heavy atom. The number of aliphatic hydroxyl groups excluding tert-OH is 1. The van der Waals surface area contributed by atoms with Gasteiger partial charge in [-0.1, -0.05) is 90.8 Å². The summed E-state index contributed by atoms with van der Waals surface area (Å²) >= 11 is 7.86. The zero-order chi connectivity index (χ0) is 52.6. The van der Waals surface area contributed by atoms with Gasteiger partial charge in [0.1, 0.15) is 30.0 Å². The lowest BCUT2D eigenvalue weighted by Crippen LogP contribution is -2.74. The Bertz CT molecular complexity index is 2670. The number of aliphatic hydroxyl groups is 1. The summed E-state index contributed by atoms with van der Waals surface area (Å²) in [5.41, 5.74) is 4.90. The average Bonchev–Trinajstić information content (AvgIpc) is 4.03. The molecule has 5 N–H and O–H groups in total. The molecular weight excluding hydrogens is 962 g/mol. The quantitative estimate of drug-likeness (QED) is 0.0655. The molecule has 3 saturated heterocycles. The third-order valence-corrected chi connectivity index (χ3v) is 17.1. The van der Waals surface area contributed by atoms with Crippen molar-refractivity contribution in [3.8, 4) is 22.3 Å². The number of fused-ring (bicyclic) bond motifs is 2. The molecule has 7 atom stereocenters. The van der Waals surface area contributed by atoms with Gasteiger partial charge >= 0.3 is 0 Å². The number of unbranched alkanes of at least 4 members (excludes halogenated alkanes) is 1. The molecule has 0 spiro atoms. The van der Waals surface area contributed by atoms with Crippen LogP contribution in [-0.2, 0) is 20.8 Å². The summed E-state index contributed by atoms with van der Waals surface area (Å²) < 4.78 is 6.40. The van der Waals surface area contributed by atoms with Crippen LogP contribution in [0.1, 0.15) is 133 Å². The number of aryl methyl sites for hydroxylation is 2. The lowest BCUT2D eigenvalue weighted by atomic mass is 9.49. The van der Waals surface area contributed by atoms with E-state index in [1.165, 1.54) is 4.90 Å². The molecule has 2 aromatic carbocycles. The number of rotatable bonds is 17. The number of piperazine rings is 1. The van der Waals surface area contributed by atoms with Gasteiger partial charge in [0.05, 0.1) is 50.4 Å². The number of nitrogens with one attached hydrogen (secondary N) is 4. The van der Waals surface area contributed by atoms with Gasteiger partial charge in [-0.05, 0) is 86.8 Å². The standard InChI is InChI=1S/C56H72ClN9O6S/c1-32(34-14-16-35(17-15-34)46-33(2)61-31-73-46)62-50(70)45-24-41(67)30-65(45)51(71)47(54(3,4)5)63-49(69)44(66-39-21-22-40(66)29-59-28-39)13-11-10-12-38-20-18-37(27-60-38)48(68)64-52-55(6,7)53(56(52,8)9)72-42-23-19-36(26-58)43(57)25-42/h14-20,23,25,27,31-32,39-41,44-45,47,52-53,59,67H,10-13,21-22,24,28-30H2,1-9H3,(H,62,70)(H,63,69)(H,64,68)/t32-,39?,40?,41+,44?,45-,47+,52?,53?/m0/s1. The fourth-order valence-corrected chi connectivity index (χ4v) is 13.2. The summed E-state index contributed by atoms with van der Waals surface area (Å²) in [7, 11) is 0. The van der Waals surface area contributed by atoms with E-state index in [4.69, 9.17) is 16.3 Å². The molecule has 5 heterocycles. The van der Waals surface area contributed by atoms with Crippen LogP contribution in [0, 0.1) is 34.5 Å². The van der Waals surface area contributed by atoms with Gasteiger partial charge in [-0.25, -0.2) is 4.98 Å². The van der Waals surface area contributed by atoms with Gasteiger partial charge < -0.3 is 36.0 Å². The Kier molecular flexibility index (Phi) is 16.1. The van der Waals surface area contributed by atoms with Crippen molar-refractivity contribution in [2.75, 3.05) is 19.6 Å². The first-order valence-corrected chi connectivity index (χ1v) is 27.0. The second-order valence-electron chi connectivity index (χ2n) is 22.9. The fourth-order valence-electron chi connectivity index (χ4n) is 12.2. The van der Waals surface area contributed by atoms with Crippen LogP contribution >= 0.6 is 22.9 Å². The highest BCUT2D eigenvalue weighted by Crippen LogP contribution is 2.55. The van der Waals surface area contributed by atoms with Crippen molar-refractivity contribution in [2.24, 2.45) is 16.2 Å². The van der Waals surface area contributed by atoms with Crippen LogP contribution in [0.25, 0.3) is 10.4 Å². The maximum Gasteiger partial charge on any atom is 0.253 e. The first-order valence-electron chi connectivity index (χ1n) is 25.8. The van der Waals surface area contributed by atoms with Crippen molar-refractivity contribution in [3.05, 3.63) is 99.4 Å². The number of aromatic nitrogens is 2. The SMILES string of the molecule is Cc1ncsc1-c1ccc([C@H](C)NC(=O)[C@@H]2C[C@@H](O)CN2C(=O)[C@@H](NC(=O)C(CCCCc2ccc(C(=O)NC3C(C)(C)C(Oc4ccc(C#N)c(Cl)c4)C3(C)C)cn2)N2C3CCC2CNC3)C(C)(C)C)cc1. The molecule has 15 nitrogen and oxygen atoms in total. The van der Waals surface area contributed by atoms with Crippen LogP contribution in [0.15, 0.2) is 66.3 Å². The number of nitrogens with zero attached hydrogens (tertiary/aromatic N) is 5. The molecule has 2 aromatic heterocycles. The number of carbonyl (C=O) groups is 4. The predicted molar refractivity (Wildman–Crippen MR) is 283 cm³/mol. The van der Waals surface area contributed by atoms with Gasteiger partial charge in [0.2, 0.25) is 17.7 Å². The highest BCUT2D eigenvalue weighted by Gasteiger charge is 2.64. The van der Waals surface area contributed by atoms with E-state index in [0.29, 0.717) is 34.7 Å². The summed E-state index contributed by atoms with van der Waals surface area (Å²) in [4.78, 5) is 71.1. The molecule has 4 amide bonds. The van der Waals surface area contributed by atoms with Gasteiger partial charge in [-0.2, -0.15) is 5.26 Å². The maximum atomic E-state index is 14.8. The Hall–Kier alpha value is -5.44. The van der Waals surface area contributed by atoms with Crippen LogP contribution < -0.4 is 26.0 Å². The smallest absolute Gasteiger partial charge is 0.253 e. The van der Waals surface area contributed by atoms with E-state index in [0.717, 1.165) is 66.2 Å². The van der Waals surface area contributed by atoms with Crippen molar-refractivity contribution in [3.63, 3.8) is 0 Å². The van der Waals surface area contributed by atoms with Gasteiger partial charge in [0, 0.05) is 73.0 Å². The van der Waals surface area contributed by atoms with Crippen molar-refractivity contribution in [1.29, 1.82) is 5.26 Å². The topological polar surface area (TPSA) is 202 Å². The molecule has 0 radical (unpaired) electrons. The Labute approximate surface area is 439 Å². The van der Waals surface area contributed by atoms with E-state index in [9.17, 15) is 29.5 Å². The van der Waals surface area contributed by atoms with E-state index in [2.05, 4.69) is 69.9 Å². The minimum atomic E-state index is -0.950. The second kappa shape index (κ2) is 21.8. The predicted octanol–water partition coefficient (Wildman–Crippen LogP) is 7.54. The molecule has 4 aliphatic rings. The van der Waals surface area contributed by atoms with Crippen LogP contribution in [0.2, 0.25) is 5.02 Å². The molecule has 3 unspecified atom stereocenters. The number of halogens is 1. The monoisotopic (exact) mass is 1030 g/mol. The Morgan fingerprint density at radius 2 is 1.68 bits per heavy atom. The number of hydrogen-bond donors (Lipinski definition) is 5. The van der Waals surface area contributed by atoms with Crippen LogP contribution in [0.5, 0.6) is 5.75 Å². The summed E-state index contributed by atoms with van der Waals surface area (Å²) in [6.07, 6.45) is 5.31. The summed E-state index contributed by atoms with van der Waals surface area (Å²) in [5.74, 6) is -0.590. The molecule has 390 valence electrons. The van der Waals surface area contributed by atoms with E-state index in [1.807, 2.05) is 70.5 Å². The van der Waals surface area contributed by atoms with E-state index in [1.54, 1.807) is 41.8 Å². The number of pyridine rings is 1. The summed E-state index contributed by atoms with van der Waals surface area (Å²) in [5, 5.41) is 33.6. The molecular formula is C56H72ClN9O6S. The number of carbonyl (C=O) groups excluding carboxylic acids is 4. The van der Waals surface area contributed by atoms with Gasteiger partial charge in [0.25, 0.3) is 5.91 Å². The van der Waals surface area contributed by atoms with Crippen LogP contribution in [0.3, 0.4) is 0 Å². The average molecular weight is 1030 g/mol. The largest absolute Gasteiger partial charge is 0.489 e. The third-order valence-electron chi connectivity index (χ3n) is 15.8. The molecule has 2 bridgehead atoms. The fraction of sp³-hybridized carbons (Fsp3) is 0.554. The number of amides is 4. The summed E-state index contributed by atoms with van der Waals surface area (Å²) in [6, 6.07) is 16.3. The van der Waals surface area contributed by atoms with Gasteiger partial charge in [-0.15, -0.1) is 11.3 Å². The van der Waals surface area contributed by atoms with Crippen molar-refractivity contribution in [2.45, 2.75) is 162 Å². The van der Waals surface area contributed by atoms with Crippen molar-refractivity contribution < 1.29 is 29.0 Å². The van der Waals surface area contributed by atoms with Crippen molar-refractivity contribution >= 4 is 46.6 Å². The number of ether oxygens (including phenoxy) is 1. The lowest BCUT2D eigenvalue weighted by molar-refractivity contribution is -0.164. The molecule has 17 heteroatoms. The lowest BCUT2D eigenvalue weighted by Gasteiger charge is -2.63. The zero-order valence-corrected chi connectivity index (χ0v) is 45.2. The molecule has 1 aliphatic carbocycles. The number of hydrogen-bond acceptors (Lipinski definition) is 12. The molecule has 1 saturated carbocycles. The number of thiazole rings is 1. The van der Waals surface area contributed by atoms with Crippen LogP contribution in [0.4, 0.5) is 0 Å². The van der Waals surface area contributed by atoms with Crippen molar-refractivity contribution in [1.82, 2.24) is 41.0 Å². The minimum Gasteiger partial charge on any atom is -0.489 e.